The predicted octanol–water partition coefficient (Wildman–Crippen LogP) is 4.22. The van der Waals surface area contributed by atoms with E-state index in [1.807, 2.05) is 0 Å². The fourth-order valence-electron chi connectivity index (χ4n) is 2.20. The SMILES string of the molecule is FC(F)(F)c1ccccc1-c1cccc(-c2ncncn2)c1. The number of halogens is 3. The summed E-state index contributed by atoms with van der Waals surface area (Å²) in [6.07, 6.45) is -1.71. The van der Waals surface area contributed by atoms with Crippen LogP contribution in [0.5, 0.6) is 0 Å². The van der Waals surface area contributed by atoms with E-state index in [9.17, 15) is 13.2 Å². The predicted molar refractivity (Wildman–Crippen MR) is 75.7 cm³/mol. The van der Waals surface area contributed by atoms with E-state index in [2.05, 4.69) is 15.0 Å². The zero-order valence-electron chi connectivity index (χ0n) is 11.2. The Morgan fingerprint density at radius 1 is 0.773 bits per heavy atom. The van der Waals surface area contributed by atoms with Crippen LogP contribution < -0.4 is 0 Å². The highest BCUT2D eigenvalue weighted by molar-refractivity contribution is 5.72. The molecule has 0 radical (unpaired) electrons. The van der Waals surface area contributed by atoms with Gasteiger partial charge in [0.05, 0.1) is 5.56 Å². The van der Waals surface area contributed by atoms with Crippen molar-refractivity contribution in [2.75, 3.05) is 0 Å². The Bertz CT molecular complexity index is 786. The second-order valence-corrected chi connectivity index (χ2v) is 4.59. The van der Waals surface area contributed by atoms with Crippen LogP contribution in [0, 0.1) is 0 Å². The fourth-order valence-corrected chi connectivity index (χ4v) is 2.20. The van der Waals surface area contributed by atoms with Gasteiger partial charge in [-0.1, -0.05) is 36.4 Å². The summed E-state index contributed by atoms with van der Waals surface area (Å²) in [7, 11) is 0. The number of alkyl halides is 3. The molecule has 0 saturated heterocycles. The van der Waals surface area contributed by atoms with Gasteiger partial charge in [0.25, 0.3) is 0 Å². The molecule has 0 atom stereocenters. The molecule has 0 aliphatic carbocycles. The van der Waals surface area contributed by atoms with Gasteiger partial charge in [-0.3, -0.25) is 0 Å². The van der Waals surface area contributed by atoms with E-state index in [4.69, 9.17) is 0 Å². The summed E-state index contributed by atoms with van der Waals surface area (Å²) < 4.78 is 39.4. The first-order valence-electron chi connectivity index (χ1n) is 6.45. The van der Waals surface area contributed by atoms with E-state index in [1.54, 1.807) is 30.3 Å². The second kappa shape index (κ2) is 5.55. The maximum Gasteiger partial charge on any atom is 0.417 e. The van der Waals surface area contributed by atoms with Crippen LogP contribution in [-0.4, -0.2) is 15.0 Å². The lowest BCUT2D eigenvalue weighted by Gasteiger charge is -2.13. The summed E-state index contributed by atoms with van der Waals surface area (Å²) in [4.78, 5) is 11.7. The molecular formula is C16H10F3N3. The third-order valence-electron chi connectivity index (χ3n) is 3.16. The van der Waals surface area contributed by atoms with Crippen LogP contribution in [0.3, 0.4) is 0 Å². The van der Waals surface area contributed by atoms with Crippen molar-refractivity contribution in [2.45, 2.75) is 6.18 Å². The van der Waals surface area contributed by atoms with Crippen molar-refractivity contribution in [1.29, 1.82) is 0 Å². The Kier molecular flexibility index (Phi) is 3.58. The van der Waals surface area contributed by atoms with Crippen molar-refractivity contribution in [3.8, 4) is 22.5 Å². The molecule has 0 bridgehead atoms. The lowest BCUT2D eigenvalue weighted by Crippen LogP contribution is -2.06. The smallest absolute Gasteiger partial charge is 0.225 e. The Balaban J connectivity index is 2.11. The maximum absolute atomic E-state index is 13.1. The number of hydrogen-bond acceptors (Lipinski definition) is 3. The van der Waals surface area contributed by atoms with E-state index in [1.165, 1.54) is 24.8 Å². The molecule has 1 heterocycles. The highest BCUT2D eigenvalue weighted by Crippen LogP contribution is 2.37. The van der Waals surface area contributed by atoms with Crippen molar-refractivity contribution < 1.29 is 13.2 Å². The minimum Gasteiger partial charge on any atom is -0.225 e. The topological polar surface area (TPSA) is 38.7 Å². The summed E-state index contributed by atoms with van der Waals surface area (Å²) in [5.41, 5.74) is 0.566. The minimum absolute atomic E-state index is 0.130. The van der Waals surface area contributed by atoms with Crippen molar-refractivity contribution in [3.63, 3.8) is 0 Å². The summed E-state index contributed by atoms with van der Waals surface area (Å²) >= 11 is 0. The van der Waals surface area contributed by atoms with Crippen LogP contribution in [0.2, 0.25) is 0 Å². The van der Waals surface area contributed by atoms with E-state index >= 15 is 0 Å². The monoisotopic (exact) mass is 301 g/mol. The van der Waals surface area contributed by atoms with Crippen LogP contribution >= 0.6 is 0 Å². The minimum atomic E-state index is -4.40. The lowest BCUT2D eigenvalue weighted by atomic mass is 9.97. The normalized spacial score (nSPS) is 11.4. The van der Waals surface area contributed by atoms with Crippen LogP contribution in [-0.2, 0) is 6.18 Å². The fraction of sp³-hybridized carbons (Fsp3) is 0.0625. The van der Waals surface area contributed by atoms with Gasteiger partial charge in [0.1, 0.15) is 12.7 Å². The van der Waals surface area contributed by atoms with Gasteiger partial charge in [0, 0.05) is 5.56 Å². The summed E-state index contributed by atoms with van der Waals surface area (Å²) in [5.74, 6) is 0.418. The zero-order valence-corrected chi connectivity index (χ0v) is 11.2. The molecule has 0 fully saturated rings. The molecule has 0 N–H and O–H groups in total. The maximum atomic E-state index is 13.1. The van der Waals surface area contributed by atoms with Crippen molar-refractivity contribution >= 4 is 0 Å². The number of rotatable bonds is 2. The van der Waals surface area contributed by atoms with Crippen molar-refractivity contribution in [3.05, 3.63) is 66.7 Å². The van der Waals surface area contributed by atoms with Gasteiger partial charge >= 0.3 is 6.18 Å². The molecule has 0 aliphatic rings. The van der Waals surface area contributed by atoms with Crippen LogP contribution in [0.25, 0.3) is 22.5 Å². The largest absolute Gasteiger partial charge is 0.417 e. The average Bonchev–Trinajstić information content (AvgIpc) is 2.55. The molecule has 22 heavy (non-hydrogen) atoms. The molecular weight excluding hydrogens is 291 g/mol. The molecule has 0 spiro atoms. The molecule has 3 nitrogen and oxygen atoms in total. The van der Waals surface area contributed by atoms with E-state index < -0.39 is 11.7 Å². The lowest BCUT2D eigenvalue weighted by molar-refractivity contribution is -0.137. The molecule has 1 aromatic heterocycles. The van der Waals surface area contributed by atoms with Crippen LogP contribution in [0.1, 0.15) is 5.56 Å². The number of nitrogens with zero attached hydrogens (tertiary/aromatic N) is 3. The van der Waals surface area contributed by atoms with Gasteiger partial charge in [0.15, 0.2) is 5.82 Å². The highest BCUT2D eigenvalue weighted by Gasteiger charge is 2.33. The number of hydrogen-bond donors (Lipinski definition) is 0. The first-order valence-corrected chi connectivity index (χ1v) is 6.45. The Morgan fingerprint density at radius 2 is 1.45 bits per heavy atom. The van der Waals surface area contributed by atoms with Gasteiger partial charge in [-0.05, 0) is 23.3 Å². The van der Waals surface area contributed by atoms with Crippen LogP contribution in [0.15, 0.2) is 61.2 Å². The molecule has 3 aromatic rings. The van der Waals surface area contributed by atoms with E-state index in [0.29, 0.717) is 17.0 Å². The van der Waals surface area contributed by atoms with Crippen molar-refractivity contribution in [2.24, 2.45) is 0 Å². The molecule has 0 saturated carbocycles. The molecule has 0 unspecified atom stereocenters. The first-order chi connectivity index (χ1) is 10.6. The standard InChI is InChI=1S/C16H10F3N3/c17-16(18,19)14-7-2-1-6-13(14)11-4-3-5-12(8-11)15-21-9-20-10-22-15/h1-10H. The van der Waals surface area contributed by atoms with Gasteiger partial charge < -0.3 is 0 Å². The molecule has 0 amide bonds. The second-order valence-electron chi connectivity index (χ2n) is 4.59. The number of aromatic nitrogens is 3. The van der Waals surface area contributed by atoms with E-state index in [0.717, 1.165) is 6.07 Å². The third kappa shape index (κ3) is 2.81. The van der Waals surface area contributed by atoms with Crippen molar-refractivity contribution in [1.82, 2.24) is 15.0 Å². The first kappa shape index (κ1) is 14.2. The van der Waals surface area contributed by atoms with Gasteiger partial charge in [-0.2, -0.15) is 13.2 Å². The average molecular weight is 301 g/mol. The molecule has 3 rings (SSSR count). The van der Waals surface area contributed by atoms with E-state index in [-0.39, 0.29) is 5.56 Å². The van der Waals surface area contributed by atoms with Gasteiger partial charge in [-0.25, -0.2) is 15.0 Å². The summed E-state index contributed by atoms with van der Waals surface area (Å²) in [5, 5.41) is 0. The molecule has 110 valence electrons. The zero-order chi connectivity index (χ0) is 15.6. The Morgan fingerprint density at radius 3 is 2.18 bits per heavy atom. The Labute approximate surface area is 124 Å². The highest BCUT2D eigenvalue weighted by atomic mass is 19.4. The van der Waals surface area contributed by atoms with Crippen LogP contribution in [0.4, 0.5) is 13.2 Å². The summed E-state index contributed by atoms with van der Waals surface area (Å²) in [6, 6.07) is 12.2. The Hall–Kier alpha value is -2.76. The summed E-state index contributed by atoms with van der Waals surface area (Å²) in [6.45, 7) is 0. The quantitative estimate of drug-likeness (QED) is 0.711. The number of benzene rings is 2. The van der Waals surface area contributed by atoms with Gasteiger partial charge in [0.2, 0.25) is 0 Å². The molecule has 6 heteroatoms. The molecule has 0 aliphatic heterocycles. The molecule has 2 aromatic carbocycles. The third-order valence-corrected chi connectivity index (χ3v) is 3.16. The van der Waals surface area contributed by atoms with Gasteiger partial charge in [-0.15, -0.1) is 0 Å².